The van der Waals surface area contributed by atoms with Crippen LogP contribution in [-0.2, 0) is 0 Å². The van der Waals surface area contributed by atoms with Crippen molar-refractivity contribution in [1.82, 2.24) is 0 Å². The van der Waals surface area contributed by atoms with Gasteiger partial charge in [-0.2, -0.15) is 0 Å². The molecule has 8 heavy (non-hydrogen) atoms. The first-order chi connectivity index (χ1) is 3.80. The molecule has 1 saturated carbocycles. The summed E-state index contributed by atoms with van der Waals surface area (Å²) in [7, 11) is 0. The van der Waals surface area contributed by atoms with Crippen LogP contribution in [0.15, 0.2) is 0 Å². The van der Waals surface area contributed by atoms with Gasteiger partial charge in [0, 0.05) is 12.3 Å². The maximum Gasteiger partial charge on any atom is 0.156 e. The average Bonchev–Trinajstić information content (AvgIpc) is 1.77. The highest BCUT2D eigenvalue weighted by Crippen LogP contribution is 2.22. The van der Waals surface area contributed by atoms with Crippen molar-refractivity contribution in [3.63, 3.8) is 0 Å². The van der Waals surface area contributed by atoms with Crippen LogP contribution in [0, 0.1) is 5.92 Å². The maximum absolute atomic E-state index is 7.48. The van der Waals surface area contributed by atoms with Crippen LogP contribution in [0.1, 0.15) is 32.6 Å². The molecule has 0 aliphatic heterocycles. The van der Waals surface area contributed by atoms with E-state index in [1.54, 1.807) is 0 Å². The van der Waals surface area contributed by atoms with Gasteiger partial charge in [0.2, 0.25) is 0 Å². The minimum atomic E-state index is 0.253. The molecule has 2 N–H and O–H groups in total. The van der Waals surface area contributed by atoms with Crippen LogP contribution in [-0.4, -0.2) is 11.2 Å². The molecule has 0 amide bonds. The lowest BCUT2D eigenvalue weighted by Gasteiger charge is -2.19. The first-order valence-corrected chi connectivity index (χ1v) is 3.52. The number of hydrogen-bond acceptors (Lipinski definition) is 0. The molecule has 0 heterocycles. The molecule has 0 aromatic heterocycles. The molecule has 2 unspecified atom stereocenters. The standard InChI is InChI=1S/C7H14O/c1-6-4-2-3-5-7(6)8/h6-8H,2-5H2,1H3/p+1. The van der Waals surface area contributed by atoms with Gasteiger partial charge in [-0.3, -0.25) is 0 Å². The van der Waals surface area contributed by atoms with Gasteiger partial charge < -0.3 is 5.11 Å². The second-order valence-corrected chi connectivity index (χ2v) is 2.87. The Morgan fingerprint density at radius 1 is 1.25 bits per heavy atom. The van der Waals surface area contributed by atoms with Crippen molar-refractivity contribution in [3.8, 4) is 0 Å². The maximum atomic E-state index is 7.48. The summed E-state index contributed by atoms with van der Waals surface area (Å²) in [5.41, 5.74) is 0. The lowest BCUT2D eigenvalue weighted by molar-refractivity contribution is 0.0793. The Kier molecular flexibility index (Phi) is 1.90. The smallest absolute Gasteiger partial charge is 0.156 e. The second-order valence-electron chi connectivity index (χ2n) is 2.87. The predicted molar refractivity (Wildman–Crippen MR) is 35.0 cm³/mol. The van der Waals surface area contributed by atoms with Crippen LogP contribution in [0.25, 0.3) is 0 Å². The molecule has 2 atom stereocenters. The van der Waals surface area contributed by atoms with Crippen LogP contribution in [0.3, 0.4) is 0 Å². The fraction of sp³-hybridized carbons (Fsp3) is 1.00. The van der Waals surface area contributed by atoms with Crippen LogP contribution < -0.4 is 0 Å². The summed E-state index contributed by atoms with van der Waals surface area (Å²) in [6.45, 7) is 2.19. The summed E-state index contributed by atoms with van der Waals surface area (Å²) in [4.78, 5) is 0. The van der Waals surface area contributed by atoms with Gasteiger partial charge in [0.1, 0.15) is 0 Å². The second kappa shape index (κ2) is 2.49. The quantitative estimate of drug-likeness (QED) is 0.425. The molecule has 0 aromatic carbocycles. The summed E-state index contributed by atoms with van der Waals surface area (Å²) in [6.07, 6.45) is 5.33. The Labute approximate surface area is 50.7 Å². The third-order valence-corrected chi connectivity index (χ3v) is 2.11. The van der Waals surface area contributed by atoms with Gasteiger partial charge in [0.25, 0.3) is 0 Å². The van der Waals surface area contributed by atoms with E-state index in [1.807, 2.05) is 0 Å². The van der Waals surface area contributed by atoms with Crippen molar-refractivity contribution in [2.24, 2.45) is 5.92 Å². The highest BCUT2D eigenvalue weighted by molar-refractivity contribution is 4.69. The van der Waals surface area contributed by atoms with Crippen LogP contribution in [0.4, 0.5) is 0 Å². The first-order valence-electron chi connectivity index (χ1n) is 3.52. The Morgan fingerprint density at radius 3 is 2.25 bits per heavy atom. The lowest BCUT2D eigenvalue weighted by atomic mass is 9.88. The fourth-order valence-corrected chi connectivity index (χ4v) is 1.32. The number of hydrogen-bond donors (Lipinski definition) is 0. The first kappa shape index (κ1) is 6.09. The van der Waals surface area contributed by atoms with E-state index in [0.29, 0.717) is 5.92 Å². The molecule has 1 aliphatic rings. The minimum absolute atomic E-state index is 0.253. The third kappa shape index (κ3) is 1.22. The van der Waals surface area contributed by atoms with Crippen molar-refractivity contribution in [2.45, 2.75) is 38.7 Å². The Balaban J connectivity index is 2.28. The summed E-state index contributed by atoms with van der Waals surface area (Å²) >= 11 is 0. The molecule has 1 heteroatoms. The zero-order valence-corrected chi connectivity index (χ0v) is 5.48. The van der Waals surface area contributed by atoms with Crippen molar-refractivity contribution in [3.05, 3.63) is 0 Å². The normalized spacial score (nSPS) is 39.8. The molecule has 0 bridgehead atoms. The summed E-state index contributed by atoms with van der Waals surface area (Å²) in [5, 5.41) is 7.48. The zero-order chi connectivity index (χ0) is 5.98. The van der Waals surface area contributed by atoms with Gasteiger partial charge in [-0.15, -0.1) is 0 Å². The SMILES string of the molecule is CC1CCCCC1[OH2+]. The van der Waals surface area contributed by atoms with E-state index in [9.17, 15) is 0 Å². The van der Waals surface area contributed by atoms with Crippen molar-refractivity contribution in [2.75, 3.05) is 0 Å². The molecular formula is C7H15O+. The molecule has 0 spiro atoms. The Hall–Kier alpha value is -0.0400. The Morgan fingerprint density at radius 2 is 1.88 bits per heavy atom. The highest BCUT2D eigenvalue weighted by Gasteiger charge is 2.21. The molecule has 0 aromatic rings. The molecule has 0 saturated heterocycles. The average molecular weight is 115 g/mol. The van der Waals surface area contributed by atoms with Gasteiger partial charge in [-0.25, -0.2) is 0 Å². The highest BCUT2D eigenvalue weighted by atomic mass is 16.3. The summed E-state index contributed by atoms with van der Waals surface area (Å²) in [6, 6.07) is 0. The molecule has 1 aliphatic carbocycles. The van der Waals surface area contributed by atoms with Crippen molar-refractivity contribution >= 4 is 0 Å². The minimum Gasteiger partial charge on any atom is -0.443 e. The summed E-state index contributed by atoms with van der Waals surface area (Å²) in [5.74, 6) is 0.670. The topological polar surface area (TPSA) is 22.9 Å². The van der Waals surface area contributed by atoms with E-state index >= 15 is 0 Å². The number of rotatable bonds is 0. The van der Waals surface area contributed by atoms with Crippen molar-refractivity contribution in [1.29, 1.82) is 0 Å². The van der Waals surface area contributed by atoms with E-state index in [2.05, 4.69) is 6.92 Å². The van der Waals surface area contributed by atoms with E-state index in [-0.39, 0.29) is 6.10 Å². The summed E-state index contributed by atoms with van der Waals surface area (Å²) < 4.78 is 0. The molecule has 1 rings (SSSR count). The van der Waals surface area contributed by atoms with Crippen LogP contribution >= 0.6 is 0 Å². The van der Waals surface area contributed by atoms with E-state index in [0.717, 1.165) is 6.42 Å². The van der Waals surface area contributed by atoms with Gasteiger partial charge >= 0.3 is 0 Å². The monoisotopic (exact) mass is 115 g/mol. The van der Waals surface area contributed by atoms with Crippen LogP contribution in [0.2, 0.25) is 0 Å². The molecular weight excluding hydrogens is 100 g/mol. The van der Waals surface area contributed by atoms with Gasteiger partial charge in [-0.05, 0) is 12.8 Å². The van der Waals surface area contributed by atoms with Gasteiger partial charge in [-0.1, -0.05) is 13.3 Å². The van der Waals surface area contributed by atoms with E-state index < -0.39 is 0 Å². The van der Waals surface area contributed by atoms with Gasteiger partial charge in [0.05, 0.1) is 0 Å². The molecule has 48 valence electrons. The van der Waals surface area contributed by atoms with Crippen LogP contribution in [0.5, 0.6) is 0 Å². The van der Waals surface area contributed by atoms with E-state index in [4.69, 9.17) is 5.11 Å². The predicted octanol–water partition coefficient (Wildman–Crippen LogP) is 1.29. The zero-order valence-electron chi connectivity index (χ0n) is 5.48. The molecule has 1 nitrogen and oxygen atoms in total. The third-order valence-electron chi connectivity index (χ3n) is 2.11. The largest absolute Gasteiger partial charge is 0.443 e. The lowest BCUT2D eigenvalue weighted by Crippen LogP contribution is -2.21. The molecule has 1 fully saturated rings. The van der Waals surface area contributed by atoms with Gasteiger partial charge in [0.15, 0.2) is 6.10 Å². The van der Waals surface area contributed by atoms with Crippen molar-refractivity contribution < 1.29 is 5.11 Å². The fourth-order valence-electron chi connectivity index (χ4n) is 1.32. The molecule has 0 radical (unpaired) electrons. The Bertz CT molecular complexity index is 60.8. The van der Waals surface area contributed by atoms with E-state index in [1.165, 1.54) is 19.3 Å².